The Morgan fingerprint density at radius 3 is 2.60 bits per heavy atom. The van der Waals surface area contributed by atoms with Crippen molar-refractivity contribution in [3.63, 3.8) is 0 Å². The first-order valence-corrected chi connectivity index (χ1v) is 9.86. The predicted octanol–water partition coefficient (Wildman–Crippen LogP) is 3.07. The molecule has 0 spiro atoms. The summed E-state index contributed by atoms with van der Waals surface area (Å²) in [5.41, 5.74) is 1.87. The normalized spacial score (nSPS) is 14.5. The third-order valence-corrected chi connectivity index (χ3v) is 5.49. The van der Waals surface area contributed by atoms with E-state index in [9.17, 15) is 9.59 Å². The maximum Gasteiger partial charge on any atom is 0.274 e. The van der Waals surface area contributed by atoms with Gasteiger partial charge in [0.2, 0.25) is 5.91 Å². The Hall–Kier alpha value is -3.55. The number of benzene rings is 2. The van der Waals surface area contributed by atoms with Crippen LogP contribution in [-0.4, -0.2) is 54.2 Å². The van der Waals surface area contributed by atoms with E-state index in [1.165, 1.54) is 0 Å². The van der Waals surface area contributed by atoms with E-state index in [1.54, 1.807) is 37.3 Å². The summed E-state index contributed by atoms with van der Waals surface area (Å²) < 4.78 is 10.5. The zero-order valence-corrected chi connectivity index (χ0v) is 17.0. The number of methoxy groups -OCH3 is 2. The smallest absolute Gasteiger partial charge is 0.274 e. The average molecular weight is 408 g/mol. The van der Waals surface area contributed by atoms with Crippen molar-refractivity contribution in [2.45, 2.75) is 12.8 Å². The van der Waals surface area contributed by atoms with Gasteiger partial charge in [-0.15, -0.1) is 0 Å². The molecular formula is C22H24N4O4. The lowest BCUT2D eigenvalue weighted by molar-refractivity contribution is -0.121. The van der Waals surface area contributed by atoms with Gasteiger partial charge in [0.15, 0.2) is 5.69 Å². The summed E-state index contributed by atoms with van der Waals surface area (Å²) in [6.45, 7) is 1.02. The second-order valence-corrected chi connectivity index (χ2v) is 7.24. The number of hydrogen-bond acceptors (Lipinski definition) is 5. The van der Waals surface area contributed by atoms with Crippen LogP contribution in [0.4, 0.5) is 5.69 Å². The van der Waals surface area contributed by atoms with Gasteiger partial charge < -0.3 is 19.7 Å². The van der Waals surface area contributed by atoms with Crippen LogP contribution >= 0.6 is 0 Å². The van der Waals surface area contributed by atoms with Crippen LogP contribution < -0.4 is 14.8 Å². The molecule has 8 heteroatoms. The van der Waals surface area contributed by atoms with Gasteiger partial charge in [-0.05, 0) is 31.0 Å². The Morgan fingerprint density at radius 1 is 1.10 bits per heavy atom. The molecule has 2 amide bonds. The Bertz CT molecular complexity index is 1070. The zero-order chi connectivity index (χ0) is 21.1. The molecule has 8 nitrogen and oxygen atoms in total. The summed E-state index contributed by atoms with van der Waals surface area (Å²) in [5.74, 6) is 0.846. The SMILES string of the molecule is COc1ccc(NC(=O)C2CCN(C(=O)c3n[nH]c4ccccc34)CC2)c(OC)c1. The molecule has 2 heterocycles. The van der Waals surface area contributed by atoms with E-state index in [-0.39, 0.29) is 17.7 Å². The van der Waals surface area contributed by atoms with Gasteiger partial charge in [0, 0.05) is 30.5 Å². The molecule has 0 radical (unpaired) electrons. The van der Waals surface area contributed by atoms with Crippen LogP contribution in [0.2, 0.25) is 0 Å². The number of nitrogens with zero attached hydrogens (tertiary/aromatic N) is 2. The zero-order valence-electron chi connectivity index (χ0n) is 17.0. The molecule has 0 aliphatic carbocycles. The number of likely N-dealkylation sites (tertiary alicyclic amines) is 1. The van der Waals surface area contributed by atoms with Crippen molar-refractivity contribution in [2.24, 2.45) is 5.92 Å². The van der Waals surface area contributed by atoms with E-state index in [4.69, 9.17) is 9.47 Å². The largest absolute Gasteiger partial charge is 0.497 e. The summed E-state index contributed by atoms with van der Waals surface area (Å²) >= 11 is 0. The number of piperidine rings is 1. The van der Waals surface area contributed by atoms with E-state index >= 15 is 0 Å². The van der Waals surface area contributed by atoms with E-state index in [0.29, 0.717) is 48.8 Å². The Labute approximate surface area is 174 Å². The summed E-state index contributed by atoms with van der Waals surface area (Å²) in [6.07, 6.45) is 1.19. The van der Waals surface area contributed by atoms with Crippen LogP contribution in [0.3, 0.4) is 0 Å². The molecule has 0 bridgehead atoms. The summed E-state index contributed by atoms with van der Waals surface area (Å²) in [4.78, 5) is 27.4. The van der Waals surface area contributed by atoms with Crippen LogP contribution in [0.1, 0.15) is 23.3 Å². The first-order chi connectivity index (χ1) is 14.6. The van der Waals surface area contributed by atoms with Crippen molar-refractivity contribution < 1.29 is 19.1 Å². The number of ether oxygens (including phenoxy) is 2. The number of nitrogens with one attached hydrogen (secondary N) is 2. The molecule has 1 aliphatic rings. The molecule has 1 aromatic heterocycles. The highest BCUT2D eigenvalue weighted by Crippen LogP contribution is 2.30. The standard InChI is InChI=1S/C22H24N4O4/c1-29-15-7-8-18(19(13-15)30-2)23-21(27)14-9-11-26(12-10-14)22(28)20-16-5-3-4-6-17(16)24-25-20/h3-8,13-14H,9-12H2,1-2H3,(H,23,27)(H,24,25). The molecule has 1 fully saturated rings. The minimum atomic E-state index is -0.170. The van der Waals surface area contributed by atoms with Crippen molar-refractivity contribution in [3.8, 4) is 11.5 Å². The van der Waals surface area contributed by atoms with Gasteiger partial charge in [-0.25, -0.2) is 0 Å². The third kappa shape index (κ3) is 3.80. The van der Waals surface area contributed by atoms with Crippen LogP contribution in [0.15, 0.2) is 42.5 Å². The molecule has 2 aromatic carbocycles. The van der Waals surface area contributed by atoms with Crippen molar-refractivity contribution in [1.29, 1.82) is 0 Å². The number of carbonyl (C=O) groups is 2. The molecule has 0 unspecified atom stereocenters. The molecule has 2 N–H and O–H groups in total. The number of hydrogen-bond donors (Lipinski definition) is 2. The van der Waals surface area contributed by atoms with Crippen LogP contribution in [-0.2, 0) is 4.79 Å². The Kier molecular flexibility index (Phi) is 5.56. The van der Waals surface area contributed by atoms with Gasteiger partial charge in [0.25, 0.3) is 5.91 Å². The summed E-state index contributed by atoms with van der Waals surface area (Å²) in [6, 6.07) is 12.8. The van der Waals surface area contributed by atoms with Crippen molar-refractivity contribution in [1.82, 2.24) is 15.1 Å². The number of fused-ring (bicyclic) bond motifs is 1. The van der Waals surface area contributed by atoms with E-state index in [1.807, 2.05) is 24.3 Å². The highest BCUT2D eigenvalue weighted by Gasteiger charge is 2.29. The van der Waals surface area contributed by atoms with E-state index < -0.39 is 0 Å². The topological polar surface area (TPSA) is 96.5 Å². The number of para-hydroxylation sites is 1. The Morgan fingerprint density at radius 2 is 1.87 bits per heavy atom. The Balaban J connectivity index is 1.38. The number of rotatable bonds is 5. The maximum absolute atomic E-state index is 12.9. The highest BCUT2D eigenvalue weighted by molar-refractivity contribution is 6.04. The lowest BCUT2D eigenvalue weighted by Crippen LogP contribution is -2.41. The third-order valence-electron chi connectivity index (χ3n) is 5.49. The molecule has 3 aromatic rings. The monoisotopic (exact) mass is 408 g/mol. The fourth-order valence-corrected chi connectivity index (χ4v) is 3.76. The first-order valence-electron chi connectivity index (χ1n) is 9.86. The fourth-order valence-electron chi connectivity index (χ4n) is 3.76. The second-order valence-electron chi connectivity index (χ2n) is 7.24. The van der Waals surface area contributed by atoms with Crippen molar-refractivity contribution in [3.05, 3.63) is 48.2 Å². The van der Waals surface area contributed by atoms with Gasteiger partial charge in [-0.1, -0.05) is 18.2 Å². The molecule has 4 rings (SSSR count). The highest BCUT2D eigenvalue weighted by atomic mass is 16.5. The first kappa shape index (κ1) is 19.8. The molecule has 0 saturated carbocycles. The summed E-state index contributed by atoms with van der Waals surface area (Å²) in [5, 5.41) is 10.8. The lowest BCUT2D eigenvalue weighted by Gasteiger charge is -2.31. The number of anilines is 1. The molecule has 1 aliphatic heterocycles. The summed E-state index contributed by atoms with van der Waals surface area (Å²) in [7, 11) is 3.13. The number of aromatic nitrogens is 2. The minimum Gasteiger partial charge on any atom is -0.497 e. The second kappa shape index (κ2) is 8.44. The van der Waals surface area contributed by atoms with Gasteiger partial charge >= 0.3 is 0 Å². The minimum absolute atomic E-state index is 0.0733. The number of H-pyrrole nitrogens is 1. The van der Waals surface area contributed by atoms with Crippen molar-refractivity contribution in [2.75, 3.05) is 32.6 Å². The van der Waals surface area contributed by atoms with Gasteiger partial charge in [-0.3, -0.25) is 14.7 Å². The molecule has 1 saturated heterocycles. The lowest BCUT2D eigenvalue weighted by atomic mass is 9.95. The van der Waals surface area contributed by atoms with Crippen LogP contribution in [0.25, 0.3) is 10.9 Å². The molecule has 30 heavy (non-hydrogen) atoms. The number of aromatic amines is 1. The molecule has 0 atom stereocenters. The van der Waals surface area contributed by atoms with Gasteiger partial charge in [-0.2, -0.15) is 5.10 Å². The predicted molar refractivity (Wildman–Crippen MR) is 113 cm³/mol. The quantitative estimate of drug-likeness (QED) is 0.676. The number of amides is 2. The van der Waals surface area contributed by atoms with E-state index in [2.05, 4.69) is 15.5 Å². The van der Waals surface area contributed by atoms with Crippen molar-refractivity contribution >= 4 is 28.4 Å². The van der Waals surface area contributed by atoms with E-state index in [0.717, 1.165) is 10.9 Å². The number of carbonyl (C=O) groups excluding carboxylic acids is 2. The van der Waals surface area contributed by atoms with Crippen LogP contribution in [0.5, 0.6) is 11.5 Å². The van der Waals surface area contributed by atoms with Crippen LogP contribution in [0, 0.1) is 5.92 Å². The fraction of sp³-hybridized carbons (Fsp3) is 0.318. The molecule has 156 valence electrons. The maximum atomic E-state index is 12.9. The van der Waals surface area contributed by atoms with Gasteiger partial charge in [0.05, 0.1) is 25.4 Å². The average Bonchev–Trinajstić information content (AvgIpc) is 3.23. The molecular weight excluding hydrogens is 384 g/mol. The van der Waals surface area contributed by atoms with Gasteiger partial charge in [0.1, 0.15) is 11.5 Å².